The maximum Gasteiger partial charge on any atom is 0.237 e. The molecule has 0 aromatic rings. The highest BCUT2D eigenvalue weighted by molar-refractivity contribution is 6.27. The molecule has 0 heterocycles. The van der Waals surface area contributed by atoms with Crippen molar-refractivity contribution in [3.05, 3.63) is 0 Å². The summed E-state index contributed by atoms with van der Waals surface area (Å²) in [4.78, 5) is 13.5. The van der Waals surface area contributed by atoms with Crippen LogP contribution in [0.1, 0.15) is 32.6 Å². The van der Waals surface area contributed by atoms with Crippen LogP contribution in [-0.2, 0) is 4.79 Å². The van der Waals surface area contributed by atoms with E-state index in [1.54, 1.807) is 4.90 Å². The second kappa shape index (κ2) is 7.08. The van der Waals surface area contributed by atoms with Crippen molar-refractivity contribution in [2.45, 2.75) is 44.0 Å². The van der Waals surface area contributed by atoms with Crippen LogP contribution in [0.2, 0.25) is 0 Å². The van der Waals surface area contributed by atoms with Gasteiger partial charge >= 0.3 is 0 Å². The van der Waals surface area contributed by atoms with Crippen LogP contribution in [0.3, 0.4) is 0 Å². The first-order valence-corrected chi connectivity index (χ1v) is 6.93. The minimum atomic E-state index is -0.0767. The van der Waals surface area contributed by atoms with Crippen molar-refractivity contribution < 1.29 is 4.79 Å². The van der Waals surface area contributed by atoms with Crippen LogP contribution in [0.25, 0.3) is 0 Å². The number of nitrogens with zero attached hydrogens (tertiary/aromatic N) is 2. The van der Waals surface area contributed by atoms with Gasteiger partial charge in [0.15, 0.2) is 0 Å². The SMILES string of the molecule is CC1CC(N(CCC#N)C(=O)CCl)CCC1Cl. The van der Waals surface area contributed by atoms with Crippen molar-refractivity contribution >= 4 is 29.1 Å². The molecule has 0 radical (unpaired) electrons. The normalized spacial score (nSPS) is 28.5. The first-order chi connectivity index (χ1) is 8.10. The van der Waals surface area contributed by atoms with Crippen LogP contribution in [0.15, 0.2) is 0 Å². The molecule has 1 amide bonds. The summed E-state index contributed by atoms with van der Waals surface area (Å²) in [6.45, 7) is 2.59. The Morgan fingerprint density at radius 2 is 2.24 bits per heavy atom. The van der Waals surface area contributed by atoms with E-state index in [1.807, 2.05) is 0 Å². The number of halogens is 2. The molecule has 17 heavy (non-hydrogen) atoms. The lowest BCUT2D eigenvalue weighted by atomic mass is 9.85. The summed E-state index contributed by atoms with van der Waals surface area (Å²) in [6.07, 6.45) is 3.10. The number of rotatable bonds is 4. The van der Waals surface area contributed by atoms with E-state index in [-0.39, 0.29) is 23.2 Å². The van der Waals surface area contributed by atoms with Crippen molar-refractivity contribution in [1.82, 2.24) is 4.90 Å². The number of nitriles is 1. The second-order valence-electron chi connectivity index (χ2n) is 4.59. The van der Waals surface area contributed by atoms with E-state index in [2.05, 4.69) is 13.0 Å². The van der Waals surface area contributed by atoms with Gasteiger partial charge in [0.05, 0.1) is 12.5 Å². The molecule has 0 N–H and O–H groups in total. The molecule has 3 nitrogen and oxygen atoms in total. The summed E-state index contributed by atoms with van der Waals surface area (Å²) in [6, 6.07) is 2.27. The Morgan fingerprint density at radius 3 is 2.76 bits per heavy atom. The van der Waals surface area contributed by atoms with Crippen LogP contribution in [0.4, 0.5) is 0 Å². The quantitative estimate of drug-likeness (QED) is 0.742. The fourth-order valence-electron chi connectivity index (χ4n) is 2.37. The van der Waals surface area contributed by atoms with E-state index < -0.39 is 0 Å². The third-order valence-electron chi connectivity index (χ3n) is 3.38. The average molecular weight is 277 g/mol. The largest absolute Gasteiger partial charge is 0.338 e. The van der Waals surface area contributed by atoms with Gasteiger partial charge in [0, 0.05) is 18.0 Å². The third-order valence-corrected chi connectivity index (χ3v) is 4.25. The fraction of sp³-hybridized carbons (Fsp3) is 0.833. The Kier molecular flexibility index (Phi) is 6.08. The first kappa shape index (κ1) is 14.6. The van der Waals surface area contributed by atoms with Gasteiger partial charge in [0.25, 0.3) is 0 Å². The lowest BCUT2D eigenvalue weighted by molar-refractivity contribution is -0.131. The molecule has 1 aliphatic rings. The van der Waals surface area contributed by atoms with Crippen LogP contribution in [0.5, 0.6) is 0 Å². The van der Waals surface area contributed by atoms with Gasteiger partial charge in [-0.1, -0.05) is 6.92 Å². The molecule has 96 valence electrons. The van der Waals surface area contributed by atoms with E-state index in [0.717, 1.165) is 19.3 Å². The lowest BCUT2D eigenvalue weighted by Crippen LogP contribution is -2.45. The van der Waals surface area contributed by atoms with Gasteiger partial charge in [0.2, 0.25) is 5.91 Å². The van der Waals surface area contributed by atoms with E-state index >= 15 is 0 Å². The predicted molar refractivity (Wildman–Crippen MR) is 69.1 cm³/mol. The van der Waals surface area contributed by atoms with Gasteiger partial charge in [-0.3, -0.25) is 4.79 Å². The van der Waals surface area contributed by atoms with E-state index in [4.69, 9.17) is 28.5 Å². The molecule has 0 aliphatic heterocycles. The van der Waals surface area contributed by atoms with Gasteiger partial charge < -0.3 is 4.90 Å². The third kappa shape index (κ3) is 4.04. The minimum absolute atomic E-state index is 0.0133. The number of carbonyl (C=O) groups is 1. The molecule has 1 aliphatic carbocycles. The molecule has 0 aromatic heterocycles. The van der Waals surface area contributed by atoms with Gasteiger partial charge in [0.1, 0.15) is 5.88 Å². The van der Waals surface area contributed by atoms with Crippen LogP contribution >= 0.6 is 23.2 Å². The molecule has 1 fully saturated rings. The Labute approximate surface area is 113 Å². The molecular formula is C12H18Cl2N2O. The number of alkyl halides is 2. The first-order valence-electron chi connectivity index (χ1n) is 5.96. The Balaban J connectivity index is 2.63. The standard InChI is InChI=1S/C12H18Cl2N2O/c1-9-7-10(3-4-11(9)14)16(6-2-5-15)12(17)8-13/h9-11H,2-4,6-8H2,1H3. The van der Waals surface area contributed by atoms with Crippen molar-refractivity contribution in [1.29, 1.82) is 5.26 Å². The van der Waals surface area contributed by atoms with Gasteiger partial charge in [-0.2, -0.15) is 5.26 Å². The smallest absolute Gasteiger partial charge is 0.237 e. The summed E-state index contributed by atoms with van der Waals surface area (Å²) in [5.74, 6) is 0.316. The van der Waals surface area contributed by atoms with Crippen molar-refractivity contribution in [3.63, 3.8) is 0 Å². The Bertz CT molecular complexity index is 303. The second-order valence-corrected chi connectivity index (χ2v) is 5.42. The molecule has 1 rings (SSSR count). The lowest BCUT2D eigenvalue weighted by Gasteiger charge is -2.38. The fourth-order valence-corrected chi connectivity index (χ4v) is 2.75. The van der Waals surface area contributed by atoms with Gasteiger partial charge in [-0.15, -0.1) is 23.2 Å². The molecule has 5 heteroatoms. The summed E-state index contributed by atoms with van der Waals surface area (Å²) in [7, 11) is 0. The summed E-state index contributed by atoms with van der Waals surface area (Å²) < 4.78 is 0. The maximum absolute atomic E-state index is 11.8. The van der Waals surface area contributed by atoms with Gasteiger partial charge in [-0.05, 0) is 25.2 Å². The van der Waals surface area contributed by atoms with E-state index in [0.29, 0.717) is 18.9 Å². The zero-order valence-electron chi connectivity index (χ0n) is 10.0. The minimum Gasteiger partial charge on any atom is -0.338 e. The molecule has 3 unspecified atom stereocenters. The van der Waals surface area contributed by atoms with Crippen molar-refractivity contribution in [3.8, 4) is 6.07 Å². The molecule has 0 spiro atoms. The maximum atomic E-state index is 11.8. The molecule has 0 saturated heterocycles. The van der Waals surface area contributed by atoms with E-state index in [1.165, 1.54) is 0 Å². The van der Waals surface area contributed by atoms with Crippen molar-refractivity contribution in [2.24, 2.45) is 5.92 Å². The molecule has 0 aromatic carbocycles. The highest BCUT2D eigenvalue weighted by Crippen LogP contribution is 2.31. The molecule has 0 bridgehead atoms. The monoisotopic (exact) mass is 276 g/mol. The summed E-state index contributed by atoms with van der Waals surface area (Å²) in [5, 5.41) is 8.82. The van der Waals surface area contributed by atoms with Crippen LogP contribution in [-0.4, -0.2) is 34.7 Å². The van der Waals surface area contributed by atoms with E-state index in [9.17, 15) is 4.79 Å². The number of hydrogen-bond acceptors (Lipinski definition) is 2. The average Bonchev–Trinajstić information content (AvgIpc) is 2.33. The number of hydrogen-bond donors (Lipinski definition) is 0. The van der Waals surface area contributed by atoms with Crippen LogP contribution in [0, 0.1) is 17.2 Å². The van der Waals surface area contributed by atoms with Gasteiger partial charge in [-0.25, -0.2) is 0 Å². The predicted octanol–water partition coefficient (Wildman–Crippen LogP) is 2.76. The Hall–Kier alpha value is -0.460. The molecular weight excluding hydrogens is 259 g/mol. The van der Waals surface area contributed by atoms with Crippen LogP contribution < -0.4 is 0 Å². The highest BCUT2D eigenvalue weighted by Gasteiger charge is 2.31. The van der Waals surface area contributed by atoms with Crippen molar-refractivity contribution in [2.75, 3.05) is 12.4 Å². The zero-order valence-corrected chi connectivity index (χ0v) is 11.5. The highest BCUT2D eigenvalue weighted by atomic mass is 35.5. The number of carbonyl (C=O) groups excluding carboxylic acids is 1. The number of amides is 1. The molecule has 3 atom stereocenters. The Morgan fingerprint density at radius 1 is 1.53 bits per heavy atom. The molecule has 1 saturated carbocycles. The summed E-state index contributed by atoms with van der Waals surface area (Å²) >= 11 is 11.8. The topological polar surface area (TPSA) is 44.1 Å². The zero-order chi connectivity index (χ0) is 12.8. The summed E-state index contributed by atoms with van der Waals surface area (Å²) in [5.41, 5.74) is 0.